The minimum atomic E-state index is 0.412. The minimum Gasteiger partial charge on any atom is -0.314 e. The largest absolute Gasteiger partial charge is 0.314 e. The van der Waals surface area contributed by atoms with Crippen LogP contribution in [0, 0.1) is 0 Å². The Labute approximate surface area is 114 Å². The molecule has 0 spiro atoms. The average Bonchev–Trinajstić information content (AvgIpc) is 2.23. The van der Waals surface area contributed by atoms with Crippen LogP contribution in [0.25, 0.3) is 0 Å². The van der Waals surface area contributed by atoms with Crippen LogP contribution in [0.5, 0.6) is 0 Å². The molecule has 1 unspecified atom stereocenters. The van der Waals surface area contributed by atoms with E-state index in [1.807, 2.05) is 18.2 Å². The second kappa shape index (κ2) is 7.05. The molecule has 0 bridgehead atoms. The molecule has 0 amide bonds. The normalized spacial score (nSPS) is 12.5. The molecule has 1 aromatic rings. The standard InChI is InChI=1S/C14H19Cl2N/c1-4-17-12(7-10(2)3)8-11-5-6-13(15)14(16)9-11/h5-6,9,12,17H,2,4,7-8H2,1,3H3. The molecule has 1 atom stereocenters. The molecule has 0 aromatic heterocycles. The molecule has 0 fully saturated rings. The third kappa shape index (κ3) is 5.12. The molecule has 3 heteroatoms. The summed E-state index contributed by atoms with van der Waals surface area (Å²) >= 11 is 11.9. The lowest BCUT2D eigenvalue weighted by atomic mass is 10.0. The summed E-state index contributed by atoms with van der Waals surface area (Å²) in [6.45, 7) is 9.09. The summed E-state index contributed by atoms with van der Waals surface area (Å²) in [5, 5.41) is 4.69. The van der Waals surface area contributed by atoms with Crippen LogP contribution in [0.4, 0.5) is 0 Å². The smallest absolute Gasteiger partial charge is 0.0595 e. The maximum atomic E-state index is 6.01. The van der Waals surface area contributed by atoms with Crippen LogP contribution in [0.1, 0.15) is 25.8 Å². The van der Waals surface area contributed by atoms with E-state index < -0.39 is 0 Å². The number of rotatable bonds is 6. The first-order valence-corrected chi connectivity index (χ1v) is 6.60. The first-order chi connectivity index (χ1) is 8.02. The Kier molecular flexibility index (Phi) is 6.04. The van der Waals surface area contributed by atoms with E-state index in [0.717, 1.165) is 19.4 Å². The Morgan fingerprint density at radius 2 is 2.06 bits per heavy atom. The highest BCUT2D eigenvalue weighted by Gasteiger charge is 2.09. The molecule has 0 aliphatic carbocycles. The van der Waals surface area contributed by atoms with Crippen molar-refractivity contribution in [3.05, 3.63) is 46.0 Å². The van der Waals surface area contributed by atoms with Crippen LogP contribution >= 0.6 is 23.2 Å². The molecule has 1 nitrogen and oxygen atoms in total. The van der Waals surface area contributed by atoms with Crippen molar-refractivity contribution < 1.29 is 0 Å². The molecule has 0 saturated heterocycles. The second-order valence-corrected chi connectivity index (χ2v) is 5.18. The molecule has 17 heavy (non-hydrogen) atoms. The van der Waals surface area contributed by atoms with Crippen LogP contribution in [-0.2, 0) is 6.42 Å². The molecule has 0 heterocycles. The lowest BCUT2D eigenvalue weighted by molar-refractivity contribution is 0.520. The fourth-order valence-corrected chi connectivity index (χ4v) is 2.20. The zero-order valence-corrected chi connectivity index (χ0v) is 11.9. The SMILES string of the molecule is C=C(C)CC(Cc1ccc(Cl)c(Cl)c1)NCC. The number of hydrogen-bond acceptors (Lipinski definition) is 1. The van der Waals surface area contributed by atoms with Crippen molar-refractivity contribution in [1.82, 2.24) is 5.32 Å². The minimum absolute atomic E-state index is 0.412. The summed E-state index contributed by atoms with van der Waals surface area (Å²) in [7, 11) is 0. The summed E-state index contributed by atoms with van der Waals surface area (Å²) in [6, 6.07) is 6.22. The highest BCUT2D eigenvalue weighted by atomic mass is 35.5. The van der Waals surface area contributed by atoms with Gasteiger partial charge in [-0.15, -0.1) is 6.58 Å². The Balaban J connectivity index is 2.71. The topological polar surface area (TPSA) is 12.0 Å². The molecule has 0 saturated carbocycles. The molecule has 0 aliphatic heterocycles. The second-order valence-electron chi connectivity index (χ2n) is 4.37. The van der Waals surface area contributed by atoms with E-state index in [1.54, 1.807) is 0 Å². The Bertz CT molecular complexity index is 388. The van der Waals surface area contributed by atoms with Gasteiger partial charge in [-0.05, 0) is 44.0 Å². The van der Waals surface area contributed by atoms with Crippen molar-refractivity contribution in [3.8, 4) is 0 Å². The predicted molar refractivity (Wildman–Crippen MR) is 77.1 cm³/mol. The number of hydrogen-bond donors (Lipinski definition) is 1. The zero-order valence-electron chi connectivity index (χ0n) is 10.4. The third-order valence-electron chi connectivity index (χ3n) is 2.55. The highest BCUT2D eigenvalue weighted by molar-refractivity contribution is 6.42. The summed E-state index contributed by atoms with van der Waals surface area (Å²) in [6.07, 6.45) is 1.92. The van der Waals surface area contributed by atoms with Gasteiger partial charge in [0, 0.05) is 6.04 Å². The summed E-state index contributed by atoms with van der Waals surface area (Å²) < 4.78 is 0. The lowest BCUT2D eigenvalue weighted by Crippen LogP contribution is -2.31. The van der Waals surface area contributed by atoms with Gasteiger partial charge in [0.15, 0.2) is 0 Å². The van der Waals surface area contributed by atoms with Gasteiger partial charge in [-0.3, -0.25) is 0 Å². The van der Waals surface area contributed by atoms with E-state index in [4.69, 9.17) is 23.2 Å². The van der Waals surface area contributed by atoms with Crippen molar-refractivity contribution in [1.29, 1.82) is 0 Å². The van der Waals surface area contributed by atoms with Gasteiger partial charge in [-0.2, -0.15) is 0 Å². The van der Waals surface area contributed by atoms with E-state index in [1.165, 1.54) is 11.1 Å². The van der Waals surface area contributed by atoms with E-state index in [0.29, 0.717) is 16.1 Å². The van der Waals surface area contributed by atoms with Crippen LogP contribution in [-0.4, -0.2) is 12.6 Å². The summed E-state index contributed by atoms with van der Waals surface area (Å²) in [5.74, 6) is 0. The Morgan fingerprint density at radius 3 is 2.59 bits per heavy atom. The molecule has 94 valence electrons. The highest BCUT2D eigenvalue weighted by Crippen LogP contribution is 2.23. The van der Waals surface area contributed by atoms with Crippen LogP contribution in [0.15, 0.2) is 30.4 Å². The number of benzene rings is 1. The quantitative estimate of drug-likeness (QED) is 0.753. The van der Waals surface area contributed by atoms with E-state index in [2.05, 4.69) is 25.7 Å². The first-order valence-electron chi connectivity index (χ1n) is 5.84. The van der Waals surface area contributed by atoms with Crippen molar-refractivity contribution in [2.24, 2.45) is 0 Å². The predicted octanol–water partition coefficient (Wildman–Crippen LogP) is 4.48. The van der Waals surface area contributed by atoms with Gasteiger partial charge in [0.25, 0.3) is 0 Å². The molecule has 0 radical (unpaired) electrons. The zero-order chi connectivity index (χ0) is 12.8. The Hall–Kier alpha value is -0.500. The monoisotopic (exact) mass is 271 g/mol. The average molecular weight is 272 g/mol. The number of nitrogens with one attached hydrogen (secondary N) is 1. The maximum Gasteiger partial charge on any atom is 0.0595 e. The lowest BCUT2D eigenvalue weighted by Gasteiger charge is -2.18. The molecule has 1 N–H and O–H groups in total. The number of halogens is 2. The van der Waals surface area contributed by atoms with Crippen LogP contribution < -0.4 is 5.32 Å². The van der Waals surface area contributed by atoms with Gasteiger partial charge in [0.1, 0.15) is 0 Å². The van der Waals surface area contributed by atoms with Gasteiger partial charge in [0.05, 0.1) is 10.0 Å². The van der Waals surface area contributed by atoms with Crippen molar-refractivity contribution in [2.75, 3.05) is 6.54 Å². The van der Waals surface area contributed by atoms with E-state index >= 15 is 0 Å². The van der Waals surface area contributed by atoms with Gasteiger partial charge in [-0.1, -0.05) is 41.8 Å². The van der Waals surface area contributed by atoms with Gasteiger partial charge in [-0.25, -0.2) is 0 Å². The maximum absolute atomic E-state index is 6.01. The third-order valence-corrected chi connectivity index (χ3v) is 3.29. The van der Waals surface area contributed by atoms with Crippen molar-refractivity contribution in [3.63, 3.8) is 0 Å². The molecular weight excluding hydrogens is 253 g/mol. The Morgan fingerprint density at radius 1 is 1.35 bits per heavy atom. The fourth-order valence-electron chi connectivity index (χ4n) is 1.88. The van der Waals surface area contributed by atoms with Gasteiger partial charge in [0.2, 0.25) is 0 Å². The van der Waals surface area contributed by atoms with E-state index in [9.17, 15) is 0 Å². The number of likely N-dealkylation sites (N-methyl/N-ethyl adjacent to an activating group) is 1. The van der Waals surface area contributed by atoms with Gasteiger partial charge < -0.3 is 5.32 Å². The van der Waals surface area contributed by atoms with Crippen molar-refractivity contribution >= 4 is 23.2 Å². The summed E-state index contributed by atoms with van der Waals surface area (Å²) in [5.41, 5.74) is 2.39. The molecular formula is C14H19Cl2N. The molecule has 0 aliphatic rings. The van der Waals surface area contributed by atoms with Crippen LogP contribution in [0.2, 0.25) is 10.0 Å². The van der Waals surface area contributed by atoms with Crippen LogP contribution in [0.3, 0.4) is 0 Å². The molecule has 1 aromatic carbocycles. The fraction of sp³-hybridized carbons (Fsp3) is 0.429. The van der Waals surface area contributed by atoms with Gasteiger partial charge >= 0.3 is 0 Å². The van der Waals surface area contributed by atoms with E-state index in [-0.39, 0.29) is 0 Å². The van der Waals surface area contributed by atoms with Crippen molar-refractivity contribution in [2.45, 2.75) is 32.7 Å². The first kappa shape index (κ1) is 14.6. The molecule has 1 rings (SSSR count). The summed E-state index contributed by atoms with van der Waals surface area (Å²) in [4.78, 5) is 0.